The van der Waals surface area contributed by atoms with Gasteiger partial charge in [-0.2, -0.15) is 0 Å². The molecule has 2 heterocycles. The van der Waals surface area contributed by atoms with Crippen molar-refractivity contribution in [2.24, 2.45) is 5.92 Å². The molecule has 2 amide bonds. The molecule has 1 aromatic rings. The van der Waals surface area contributed by atoms with E-state index in [1.165, 1.54) is 0 Å². The number of benzene rings is 1. The molecule has 1 unspecified atom stereocenters. The number of piperidine rings is 1. The largest absolute Gasteiger partial charge is 0.478 e. The molecular formula is C21H28N2O4. The summed E-state index contributed by atoms with van der Waals surface area (Å²) < 4.78 is 0. The molecule has 2 aliphatic heterocycles. The molecule has 0 bridgehead atoms. The molecule has 6 heteroatoms. The number of amides is 2. The van der Waals surface area contributed by atoms with Crippen LogP contribution < -0.4 is 0 Å². The lowest BCUT2D eigenvalue weighted by atomic mass is 9.97. The average Bonchev–Trinajstić information content (AvgIpc) is 3.12. The molecule has 1 atom stereocenters. The van der Waals surface area contributed by atoms with Crippen LogP contribution in [0.5, 0.6) is 0 Å². The Kier molecular flexibility index (Phi) is 6.48. The van der Waals surface area contributed by atoms with E-state index < -0.39 is 5.97 Å². The molecule has 146 valence electrons. The first-order valence-corrected chi connectivity index (χ1v) is 9.90. The molecule has 0 spiro atoms. The van der Waals surface area contributed by atoms with Gasteiger partial charge in [0.2, 0.25) is 11.8 Å². The lowest BCUT2D eigenvalue weighted by Crippen LogP contribution is -2.36. The molecule has 2 fully saturated rings. The van der Waals surface area contributed by atoms with Crippen molar-refractivity contribution in [2.75, 3.05) is 26.2 Å². The summed E-state index contributed by atoms with van der Waals surface area (Å²) in [4.78, 5) is 39.2. The minimum absolute atomic E-state index is 0.168. The molecule has 0 saturated carbocycles. The van der Waals surface area contributed by atoms with Gasteiger partial charge in [0, 0.05) is 39.0 Å². The molecule has 3 rings (SSSR count). The third-order valence-corrected chi connectivity index (χ3v) is 5.58. The third-order valence-electron chi connectivity index (χ3n) is 5.58. The quantitative estimate of drug-likeness (QED) is 0.798. The second-order valence-electron chi connectivity index (χ2n) is 7.65. The number of rotatable bonds is 7. The Morgan fingerprint density at radius 2 is 2.04 bits per heavy atom. The summed E-state index contributed by atoms with van der Waals surface area (Å²) in [5, 5.41) is 9.10. The summed E-state index contributed by atoms with van der Waals surface area (Å²) in [6.07, 6.45) is 5.67. The summed E-state index contributed by atoms with van der Waals surface area (Å²) in [5.74, 6) is -0.145. The van der Waals surface area contributed by atoms with Crippen LogP contribution in [0, 0.1) is 5.92 Å². The lowest BCUT2D eigenvalue weighted by Gasteiger charge is -2.26. The minimum Gasteiger partial charge on any atom is -0.478 e. The van der Waals surface area contributed by atoms with Gasteiger partial charge in [-0.3, -0.25) is 9.59 Å². The molecule has 6 nitrogen and oxygen atoms in total. The number of carbonyl (C=O) groups is 3. The first kappa shape index (κ1) is 19.4. The monoisotopic (exact) mass is 372 g/mol. The molecule has 1 N–H and O–H groups in total. The van der Waals surface area contributed by atoms with Gasteiger partial charge in [0.05, 0.1) is 5.56 Å². The predicted octanol–water partition coefficient (Wildman–Crippen LogP) is 2.57. The predicted molar refractivity (Wildman–Crippen MR) is 101 cm³/mol. The number of likely N-dealkylation sites (tertiary alicyclic amines) is 2. The average molecular weight is 372 g/mol. The fourth-order valence-corrected chi connectivity index (χ4v) is 4.07. The van der Waals surface area contributed by atoms with Crippen molar-refractivity contribution in [1.29, 1.82) is 0 Å². The van der Waals surface area contributed by atoms with Crippen molar-refractivity contribution in [2.45, 2.75) is 44.9 Å². The maximum atomic E-state index is 12.5. The van der Waals surface area contributed by atoms with Crippen LogP contribution in [0.1, 0.15) is 54.4 Å². The highest BCUT2D eigenvalue weighted by Crippen LogP contribution is 2.22. The summed E-state index contributed by atoms with van der Waals surface area (Å²) in [6.45, 7) is 3.02. The van der Waals surface area contributed by atoms with Crippen molar-refractivity contribution < 1.29 is 19.5 Å². The number of nitrogens with zero attached hydrogens (tertiary/aromatic N) is 2. The van der Waals surface area contributed by atoms with Crippen LogP contribution in [0.2, 0.25) is 0 Å². The van der Waals surface area contributed by atoms with Crippen LogP contribution in [0.15, 0.2) is 24.3 Å². The highest BCUT2D eigenvalue weighted by Gasteiger charge is 2.26. The number of carbonyl (C=O) groups excluding carboxylic acids is 2. The number of hydrogen-bond acceptors (Lipinski definition) is 3. The number of carboxylic acid groups (broad SMARTS) is 1. The maximum Gasteiger partial charge on any atom is 0.335 e. The Bertz CT molecular complexity index is 703. The van der Waals surface area contributed by atoms with Gasteiger partial charge in [-0.25, -0.2) is 4.79 Å². The fraction of sp³-hybridized carbons (Fsp3) is 0.571. The van der Waals surface area contributed by atoms with Gasteiger partial charge >= 0.3 is 5.97 Å². The summed E-state index contributed by atoms with van der Waals surface area (Å²) in [5.41, 5.74) is 1.32. The van der Waals surface area contributed by atoms with Crippen molar-refractivity contribution in [3.05, 3.63) is 35.4 Å². The van der Waals surface area contributed by atoms with Gasteiger partial charge in [-0.1, -0.05) is 12.1 Å². The van der Waals surface area contributed by atoms with E-state index in [0.29, 0.717) is 30.9 Å². The first-order chi connectivity index (χ1) is 13.0. The zero-order valence-electron chi connectivity index (χ0n) is 15.7. The van der Waals surface area contributed by atoms with E-state index >= 15 is 0 Å². The second-order valence-corrected chi connectivity index (χ2v) is 7.65. The molecule has 2 saturated heterocycles. The van der Waals surface area contributed by atoms with Crippen LogP contribution in [0.4, 0.5) is 0 Å². The standard InChI is InChI=1S/C21H28N2O4/c24-19-7-1-2-10-22(19)11-4-8-20(25)23-12-9-17(15-23)13-16-5-3-6-18(14-16)21(26)27/h3,5-6,14,17H,1-2,4,7-13,15H2,(H,26,27). The first-order valence-electron chi connectivity index (χ1n) is 9.90. The normalized spacial score (nSPS) is 20.1. The van der Waals surface area contributed by atoms with E-state index in [1.54, 1.807) is 18.2 Å². The van der Waals surface area contributed by atoms with E-state index in [4.69, 9.17) is 5.11 Å². The van der Waals surface area contributed by atoms with Crippen LogP contribution in [-0.4, -0.2) is 58.9 Å². The van der Waals surface area contributed by atoms with Crippen molar-refractivity contribution in [1.82, 2.24) is 9.80 Å². The lowest BCUT2D eigenvalue weighted by molar-refractivity contribution is -0.134. The molecular weight excluding hydrogens is 344 g/mol. The van der Waals surface area contributed by atoms with Gasteiger partial charge in [0.1, 0.15) is 0 Å². The summed E-state index contributed by atoms with van der Waals surface area (Å²) in [6, 6.07) is 7.05. The maximum absolute atomic E-state index is 12.5. The highest BCUT2D eigenvalue weighted by atomic mass is 16.4. The molecule has 27 heavy (non-hydrogen) atoms. The third kappa shape index (κ3) is 5.31. The Morgan fingerprint density at radius 3 is 2.81 bits per heavy atom. The van der Waals surface area contributed by atoms with Gasteiger partial charge < -0.3 is 14.9 Å². The van der Waals surface area contributed by atoms with Crippen molar-refractivity contribution >= 4 is 17.8 Å². The van der Waals surface area contributed by atoms with Crippen LogP contribution in [-0.2, 0) is 16.0 Å². The topological polar surface area (TPSA) is 77.9 Å². The number of hydrogen-bond donors (Lipinski definition) is 1. The second kappa shape index (κ2) is 9.02. The number of carboxylic acids is 1. The molecule has 2 aliphatic rings. The number of aromatic carboxylic acids is 1. The minimum atomic E-state index is -0.910. The van der Waals surface area contributed by atoms with E-state index in [1.807, 2.05) is 15.9 Å². The van der Waals surface area contributed by atoms with Gasteiger partial charge in [-0.05, 0) is 55.7 Å². The highest BCUT2D eigenvalue weighted by molar-refractivity contribution is 5.87. The van der Waals surface area contributed by atoms with Crippen molar-refractivity contribution in [3.8, 4) is 0 Å². The van der Waals surface area contributed by atoms with E-state index in [-0.39, 0.29) is 11.8 Å². The van der Waals surface area contributed by atoms with E-state index in [2.05, 4.69) is 0 Å². The van der Waals surface area contributed by atoms with Gasteiger partial charge in [0.15, 0.2) is 0 Å². The molecule has 0 aliphatic carbocycles. The summed E-state index contributed by atoms with van der Waals surface area (Å²) >= 11 is 0. The smallest absolute Gasteiger partial charge is 0.335 e. The van der Waals surface area contributed by atoms with Gasteiger partial charge in [0.25, 0.3) is 0 Å². The van der Waals surface area contributed by atoms with E-state index in [0.717, 1.165) is 57.3 Å². The molecule has 0 aromatic heterocycles. The van der Waals surface area contributed by atoms with Crippen LogP contribution >= 0.6 is 0 Å². The zero-order chi connectivity index (χ0) is 19.2. The fourth-order valence-electron chi connectivity index (χ4n) is 4.07. The molecule has 1 aromatic carbocycles. The van der Waals surface area contributed by atoms with Gasteiger partial charge in [-0.15, -0.1) is 0 Å². The van der Waals surface area contributed by atoms with Crippen LogP contribution in [0.25, 0.3) is 0 Å². The zero-order valence-corrected chi connectivity index (χ0v) is 15.7. The Morgan fingerprint density at radius 1 is 1.19 bits per heavy atom. The van der Waals surface area contributed by atoms with Crippen molar-refractivity contribution in [3.63, 3.8) is 0 Å². The SMILES string of the molecule is O=C(O)c1cccc(CC2CCN(C(=O)CCCN3CCCCC3=O)C2)c1. The Labute approximate surface area is 160 Å². The Balaban J connectivity index is 1.42. The molecule has 0 radical (unpaired) electrons. The Hall–Kier alpha value is -2.37. The van der Waals surface area contributed by atoms with Crippen LogP contribution in [0.3, 0.4) is 0 Å². The summed E-state index contributed by atoms with van der Waals surface area (Å²) in [7, 11) is 0. The van der Waals surface area contributed by atoms with E-state index in [9.17, 15) is 14.4 Å².